The van der Waals surface area contributed by atoms with Crippen LogP contribution in [0, 0.1) is 13.8 Å². The second-order valence-corrected chi connectivity index (χ2v) is 2.73. The number of hydrogen-bond donors (Lipinski definition) is 2. The minimum atomic E-state index is 0.855. The molecule has 0 saturated heterocycles. The first kappa shape index (κ1) is 8.87. The van der Waals surface area contributed by atoms with E-state index in [1.807, 2.05) is 26.0 Å². The molecule has 0 aliphatic heterocycles. The SMILES string of the molecule is COc1ccc(C)c(NN)c1C. The van der Waals surface area contributed by atoms with Gasteiger partial charge < -0.3 is 10.2 Å². The number of ether oxygens (including phenoxy) is 1. The molecule has 3 N–H and O–H groups in total. The molecule has 0 aliphatic carbocycles. The maximum absolute atomic E-state index is 5.37. The molecular weight excluding hydrogens is 152 g/mol. The molecule has 0 amide bonds. The number of nitrogens with one attached hydrogen (secondary N) is 1. The van der Waals surface area contributed by atoms with Crippen LogP contribution in [0.3, 0.4) is 0 Å². The molecule has 0 fully saturated rings. The van der Waals surface area contributed by atoms with Gasteiger partial charge in [-0.2, -0.15) is 0 Å². The van der Waals surface area contributed by atoms with E-state index in [2.05, 4.69) is 5.43 Å². The van der Waals surface area contributed by atoms with Gasteiger partial charge >= 0.3 is 0 Å². The number of anilines is 1. The summed E-state index contributed by atoms with van der Waals surface area (Å²) >= 11 is 0. The van der Waals surface area contributed by atoms with Crippen LogP contribution in [0.4, 0.5) is 5.69 Å². The lowest BCUT2D eigenvalue weighted by atomic mass is 10.1. The molecule has 0 bridgehead atoms. The minimum absolute atomic E-state index is 0.855. The average molecular weight is 166 g/mol. The first-order chi connectivity index (χ1) is 5.70. The van der Waals surface area contributed by atoms with Gasteiger partial charge in [-0.25, -0.2) is 0 Å². The van der Waals surface area contributed by atoms with Gasteiger partial charge in [0.2, 0.25) is 0 Å². The summed E-state index contributed by atoms with van der Waals surface area (Å²) in [6.45, 7) is 3.97. The fourth-order valence-corrected chi connectivity index (χ4v) is 1.27. The van der Waals surface area contributed by atoms with Crippen molar-refractivity contribution in [2.75, 3.05) is 12.5 Å². The van der Waals surface area contributed by atoms with Crippen LogP contribution < -0.4 is 16.0 Å². The van der Waals surface area contributed by atoms with Crippen molar-refractivity contribution in [2.24, 2.45) is 5.84 Å². The summed E-state index contributed by atoms with van der Waals surface area (Å²) in [5, 5.41) is 0. The van der Waals surface area contributed by atoms with E-state index in [4.69, 9.17) is 10.6 Å². The molecule has 12 heavy (non-hydrogen) atoms. The predicted octanol–water partition coefficient (Wildman–Crippen LogP) is 1.60. The van der Waals surface area contributed by atoms with Crippen LogP contribution in [0.15, 0.2) is 12.1 Å². The number of hydrogen-bond acceptors (Lipinski definition) is 3. The zero-order chi connectivity index (χ0) is 9.14. The van der Waals surface area contributed by atoms with Gasteiger partial charge in [-0.05, 0) is 25.5 Å². The van der Waals surface area contributed by atoms with E-state index >= 15 is 0 Å². The number of nitrogen functional groups attached to an aromatic ring is 1. The molecule has 0 aliphatic rings. The van der Waals surface area contributed by atoms with Gasteiger partial charge in [-0.15, -0.1) is 0 Å². The lowest BCUT2D eigenvalue weighted by molar-refractivity contribution is 0.412. The Labute approximate surface area is 72.5 Å². The van der Waals surface area contributed by atoms with Crippen LogP contribution >= 0.6 is 0 Å². The van der Waals surface area contributed by atoms with E-state index in [0.717, 1.165) is 22.6 Å². The van der Waals surface area contributed by atoms with Crippen molar-refractivity contribution in [1.29, 1.82) is 0 Å². The van der Waals surface area contributed by atoms with Crippen LogP contribution in [0.25, 0.3) is 0 Å². The molecule has 0 aromatic heterocycles. The Morgan fingerprint density at radius 2 is 2.00 bits per heavy atom. The van der Waals surface area contributed by atoms with Crippen molar-refractivity contribution < 1.29 is 4.74 Å². The van der Waals surface area contributed by atoms with Gasteiger partial charge in [0.05, 0.1) is 12.8 Å². The van der Waals surface area contributed by atoms with Crippen molar-refractivity contribution in [3.8, 4) is 5.75 Å². The topological polar surface area (TPSA) is 47.3 Å². The zero-order valence-electron chi connectivity index (χ0n) is 7.64. The maximum atomic E-state index is 5.37. The summed E-state index contributed by atoms with van der Waals surface area (Å²) in [6, 6.07) is 3.91. The molecule has 0 unspecified atom stereocenters. The molecule has 0 atom stereocenters. The third kappa shape index (κ3) is 1.36. The number of aryl methyl sites for hydroxylation is 1. The van der Waals surface area contributed by atoms with Crippen LogP contribution in [0.1, 0.15) is 11.1 Å². The first-order valence-corrected chi connectivity index (χ1v) is 3.81. The predicted molar refractivity (Wildman–Crippen MR) is 50.3 cm³/mol. The summed E-state index contributed by atoms with van der Waals surface area (Å²) in [4.78, 5) is 0. The molecule has 0 heterocycles. The minimum Gasteiger partial charge on any atom is -0.496 e. The third-order valence-electron chi connectivity index (χ3n) is 1.99. The monoisotopic (exact) mass is 166 g/mol. The highest BCUT2D eigenvalue weighted by Crippen LogP contribution is 2.27. The van der Waals surface area contributed by atoms with Gasteiger partial charge in [0.25, 0.3) is 0 Å². The van der Waals surface area contributed by atoms with Gasteiger partial charge in [0.1, 0.15) is 5.75 Å². The van der Waals surface area contributed by atoms with Crippen LogP contribution in [0.5, 0.6) is 5.75 Å². The van der Waals surface area contributed by atoms with Crippen molar-refractivity contribution in [1.82, 2.24) is 0 Å². The van der Waals surface area contributed by atoms with Gasteiger partial charge in [0.15, 0.2) is 0 Å². The van der Waals surface area contributed by atoms with Crippen molar-refractivity contribution in [3.63, 3.8) is 0 Å². The smallest absolute Gasteiger partial charge is 0.123 e. The quantitative estimate of drug-likeness (QED) is 0.518. The van der Waals surface area contributed by atoms with Crippen LogP contribution in [-0.2, 0) is 0 Å². The summed E-state index contributed by atoms with van der Waals surface area (Å²) < 4.78 is 5.15. The molecule has 1 aromatic carbocycles. The Bertz CT molecular complexity index is 284. The standard InChI is InChI=1S/C9H14N2O/c1-6-4-5-8(12-3)7(2)9(6)11-10/h4-5,11H,10H2,1-3H3. The van der Waals surface area contributed by atoms with Crippen LogP contribution in [-0.4, -0.2) is 7.11 Å². The van der Waals surface area contributed by atoms with E-state index < -0.39 is 0 Å². The number of nitrogens with two attached hydrogens (primary N) is 1. The Balaban J connectivity index is 3.24. The molecule has 1 aromatic rings. The summed E-state index contributed by atoms with van der Waals surface area (Å²) in [5.41, 5.74) is 5.76. The van der Waals surface area contributed by atoms with E-state index in [1.165, 1.54) is 0 Å². The highest BCUT2D eigenvalue weighted by atomic mass is 16.5. The fraction of sp³-hybridized carbons (Fsp3) is 0.333. The second-order valence-electron chi connectivity index (χ2n) is 2.73. The average Bonchev–Trinajstić information content (AvgIpc) is 2.06. The molecular formula is C9H14N2O. The maximum Gasteiger partial charge on any atom is 0.123 e. The number of benzene rings is 1. The van der Waals surface area contributed by atoms with Gasteiger partial charge in [-0.3, -0.25) is 5.84 Å². The van der Waals surface area contributed by atoms with E-state index in [0.29, 0.717) is 0 Å². The third-order valence-corrected chi connectivity index (χ3v) is 1.99. The molecule has 66 valence electrons. The summed E-state index contributed by atoms with van der Waals surface area (Å²) in [5.74, 6) is 6.22. The van der Waals surface area contributed by atoms with Crippen molar-refractivity contribution in [2.45, 2.75) is 13.8 Å². The van der Waals surface area contributed by atoms with Crippen molar-refractivity contribution in [3.05, 3.63) is 23.3 Å². The van der Waals surface area contributed by atoms with Gasteiger partial charge in [-0.1, -0.05) is 6.07 Å². The highest BCUT2D eigenvalue weighted by molar-refractivity contribution is 5.61. The lowest BCUT2D eigenvalue weighted by Crippen LogP contribution is -2.10. The highest BCUT2D eigenvalue weighted by Gasteiger charge is 2.05. The van der Waals surface area contributed by atoms with Crippen molar-refractivity contribution >= 4 is 5.69 Å². The normalized spacial score (nSPS) is 9.67. The van der Waals surface area contributed by atoms with E-state index in [-0.39, 0.29) is 0 Å². The molecule has 0 spiro atoms. The molecule has 0 saturated carbocycles. The Morgan fingerprint density at radius 1 is 1.33 bits per heavy atom. The molecule has 0 radical (unpaired) electrons. The number of hydrazine groups is 1. The lowest BCUT2D eigenvalue weighted by Gasteiger charge is -2.12. The summed E-state index contributed by atoms with van der Waals surface area (Å²) in [6.07, 6.45) is 0. The number of methoxy groups -OCH3 is 1. The largest absolute Gasteiger partial charge is 0.496 e. The number of rotatable bonds is 2. The molecule has 1 rings (SSSR count). The summed E-state index contributed by atoms with van der Waals surface area (Å²) in [7, 11) is 1.65. The van der Waals surface area contributed by atoms with E-state index in [1.54, 1.807) is 7.11 Å². The van der Waals surface area contributed by atoms with E-state index in [9.17, 15) is 0 Å². The van der Waals surface area contributed by atoms with Crippen LogP contribution in [0.2, 0.25) is 0 Å². The van der Waals surface area contributed by atoms with Gasteiger partial charge in [0, 0.05) is 5.56 Å². The Hall–Kier alpha value is -1.22. The fourth-order valence-electron chi connectivity index (χ4n) is 1.27. The Morgan fingerprint density at radius 3 is 2.50 bits per heavy atom. The molecule has 3 heteroatoms. The zero-order valence-corrected chi connectivity index (χ0v) is 7.64. The Kier molecular flexibility index (Phi) is 2.55. The molecule has 3 nitrogen and oxygen atoms in total. The first-order valence-electron chi connectivity index (χ1n) is 3.81. The second kappa shape index (κ2) is 3.45.